The van der Waals surface area contributed by atoms with Crippen LogP contribution in [-0.2, 0) is 24.9 Å². The van der Waals surface area contributed by atoms with Crippen LogP contribution >= 0.6 is 0 Å². The van der Waals surface area contributed by atoms with Gasteiger partial charge in [-0.3, -0.25) is 0 Å². The zero-order chi connectivity index (χ0) is 4.99. The zero-order valence-corrected chi connectivity index (χ0v) is 5.37. The maximum absolute atomic E-state index is 11.1. The van der Waals surface area contributed by atoms with E-state index in [1.54, 1.807) is 0 Å². The fourth-order valence-corrected chi connectivity index (χ4v) is 0.587. The van der Waals surface area contributed by atoms with Crippen molar-refractivity contribution >= 4 is 0 Å². The predicted molar refractivity (Wildman–Crippen MR) is 15.0 cm³/mol. The van der Waals surface area contributed by atoms with Gasteiger partial charge in [-0.1, -0.05) is 0 Å². The Hall–Kier alpha value is 0.578. The van der Waals surface area contributed by atoms with E-state index in [0.717, 1.165) is 0 Å². The summed E-state index contributed by atoms with van der Waals surface area (Å²) in [5.41, 5.74) is 0. The molecule has 1 atom stereocenters. The Labute approximate surface area is 47.5 Å². The Kier molecular flexibility index (Phi) is 4.12. The van der Waals surface area contributed by atoms with E-state index < -0.39 is 6.36 Å². The first-order chi connectivity index (χ1) is 2.77. The molecule has 1 unspecified atom stereocenters. The van der Waals surface area contributed by atoms with Crippen molar-refractivity contribution in [3.63, 3.8) is 0 Å². The van der Waals surface area contributed by atoms with Gasteiger partial charge in [-0.2, -0.15) is 0 Å². The van der Waals surface area contributed by atoms with E-state index in [-0.39, 0.29) is 6.42 Å². The van der Waals surface area contributed by atoms with Gasteiger partial charge in [-0.05, 0) is 0 Å². The van der Waals surface area contributed by atoms with Gasteiger partial charge in [0, 0.05) is 0 Å². The molecule has 0 aromatic rings. The van der Waals surface area contributed by atoms with Crippen LogP contribution in [0.15, 0.2) is 0 Å². The Morgan fingerprint density at radius 2 is 2.33 bits per heavy atom. The second-order valence-corrected chi connectivity index (χ2v) is 1.99. The summed E-state index contributed by atoms with van der Waals surface area (Å²) in [7, 11) is 0. The molecule has 0 spiro atoms. The van der Waals surface area contributed by atoms with E-state index >= 15 is 0 Å². The quantitative estimate of drug-likeness (QED) is 0.716. The number of hydrogen-bond acceptors (Lipinski definition) is 0. The molecule has 0 aliphatic heterocycles. The molecule has 0 saturated carbocycles. The van der Waals surface area contributed by atoms with Gasteiger partial charge in [-0.25, -0.2) is 0 Å². The second kappa shape index (κ2) is 3.76. The van der Waals surface area contributed by atoms with E-state index in [4.69, 9.17) is 0 Å². The van der Waals surface area contributed by atoms with E-state index in [1.807, 2.05) is 19.8 Å². The Morgan fingerprint density at radius 1 is 1.83 bits per heavy atom. The summed E-state index contributed by atoms with van der Waals surface area (Å²) >= 11 is 1.95. The standard InChI is InChI=1S/C3H5FO.Pt/c1-2-3(4)5;/h3H,1-2H2;. The average molecular weight is 271 g/mol. The van der Waals surface area contributed by atoms with Crippen LogP contribution in [0.25, 0.3) is 0 Å². The van der Waals surface area contributed by atoms with Crippen molar-refractivity contribution < 1.29 is 29.3 Å². The Balaban J connectivity index is 2.63. The summed E-state index contributed by atoms with van der Waals surface area (Å²) in [4.78, 5) is 0.616. The molecular weight excluding hydrogens is 266 g/mol. The van der Waals surface area contributed by atoms with Gasteiger partial charge in [-0.15, -0.1) is 0 Å². The topological polar surface area (TPSA) is 19.9 Å². The third kappa shape index (κ3) is 4.58. The van der Waals surface area contributed by atoms with E-state index in [2.05, 4.69) is 0 Å². The van der Waals surface area contributed by atoms with Crippen molar-refractivity contribution in [3.8, 4) is 0 Å². The van der Waals surface area contributed by atoms with Crippen molar-refractivity contribution in [2.75, 3.05) is 0 Å². The summed E-state index contributed by atoms with van der Waals surface area (Å²) in [5, 5.41) is 9.46. The summed E-state index contributed by atoms with van der Waals surface area (Å²) in [6, 6.07) is 0. The molecule has 6 heavy (non-hydrogen) atoms. The zero-order valence-electron chi connectivity index (χ0n) is 3.09. The number of alkyl halides is 1. The molecule has 0 aliphatic rings. The first-order valence-electron chi connectivity index (χ1n) is 1.59. The van der Waals surface area contributed by atoms with Crippen molar-refractivity contribution in [2.24, 2.45) is 0 Å². The summed E-state index contributed by atoms with van der Waals surface area (Å²) in [6.45, 7) is 0. The summed E-state index contributed by atoms with van der Waals surface area (Å²) in [6.07, 6.45) is -1.72. The second-order valence-electron chi connectivity index (χ2n) is 0.857. The van der Waals surface area contributed by atoms with Crippen molar-refractivity contribution in [2.45, 2.75) is 17.6 Å². The number of hydrogen-bond donors (Lipinski definition) is 0. The molecule has 0 bridgehead atoms. The Morgan fingerprint density at radius 3 is 2.33 bits per heavy atom. The third-order valence-corrected chi connectivity index (χ3v) is 0.974. The van der Waals surface area contributed by atoms with Gasteiger partial charge < -0.3 is 0 Å². The van der Waals surface area contributed by atoms with Crippen LogP contribution in [0.5, 0.6) is 0 Å². The van der Waals surface area contributed by atoms with Gasteiger partial charge in [0.1, 0.15) is 0 Å². The van der Waals surface area contributed by atoms with Crippen LogP contribution < -0.4 is 0 Å². The van der Waals surface area contributed by atoms with Crippen molar-refractivity contribution in [1.82, 2.24) is 0 Å². The molecule has 0 amide bonds. The Bertz CT molecular complexity index is 32.0. The van der Waals surface area contributed by atoms with Crippen LogP contribution in [0.4, 0.5) is 4.39 Å². The molecule has 0 fully saturated rings. The normalized spacial score (nSPS) is 14.7. The predicted octanol–water partition coefficient (Wildman–Crippen LogP) is 1.07. The molecule has 1 nitrogen and oxygen atoms in total. The summed E-state index contributed by atoms with van der Waals surface area (Å²) < 4.78 is 11.1. The molecule has 1 radical (unpaired) electrons. The van der Waals surface area contributed by atoms with E-state index in [0.29, 0.717) is 4.81 Å². The van der Waals surface area contributed by atoms with Crippen LogP contribution in [0.2, 0.25) is 4.81 Å². The first kappa shape index (κ1) is 6.58. The van der Waals surface area contributed by atoms with Crippen molar-refractivity contribution in [3.05, 3.63) is 0 Å². The first-order valence-corrected chi connectivity index (χ1v) is 3.19. The van der Waals surface area contributed by atoms with Crippen LogP contribution in [-0.4, -0.2) is 6.36 Å². The summed E-state index contributed by atoms with van der Waals surface area (Å²) in [5.74, 6) is 0. The van der Waals surface area contributed by atoms with Gasteiger partial charge in [0.05, 0.1) is 0 Å². The molecule has 0 aromatic heterocycles. The van der Waals surface area contributed by atoms with Gasteiger partial charge >= 0.3 is 46.9 Å². The fraction of sp³-hybridized carbons (Fsp3) is 1.00. The van der Waals surface area contributed by atoms with Crippen LogP contribution in [0.1, 0.15) is 6.42 Å². The molecule has 0 N–H and O–H groups in total. The van der Waals surface area contributed by atoms with Crippen LogP contribution in [0.3, 0.4) is 0 Å². The molecule has 0 heterocycles. The number of rotatable bonds is 2. The maximum atomic E-state index is 11.1. The molecule has 0 rings (SSSR count). The van der Waals surface area contributed by atoms with Crippen LogP contribution in [0, 0.1) is 0 Å². The average Bonchev–Trinajstić information content (AvgIpc) is 1.35. The van der Waals surface area contributed by atoms with E-state index in [9.17, 15) is 9.50 Å². The molecule has 0 aliphatic carbocycles. The van der Waals surface area contributed by atoms with Gasteiger partial charge in [0.25, 0.3) is 0 Å². The van der Waals surface area contributed by atoms with Gasteiger partial charge in [0.15, 0.2) is 0 Å². The molecular formula is C3H5FOPt. The number of halogens is 1. The van der Waals surface area contributed by atoms with E-state index in [1.165, 1.54) is 0 Å². The minimum atomic E-state index is -1.86. The minimum absolute atomic E-state index is 0.140. The van der Waals surface area contributed by atoms with Gasteiger partial charge in [0.2, 0.25) is 0 Å². The molecule has 40 valence electrons. The third-order valence-electron chi connectivity index (χ3n) is 0.318. The molecule has 0 saturated heterocycles. The fourth-order valence-electron chi connectivity index (χ4n) is 0.0718. The SMILES string of the molecule is [O]C(F)C[CH2][Pt]. The molecule has 0 aromatic carbocycles. The van der Waals surface area contributed by atoms with Crippen molar-refractivity contribution in [1.29, 1.82) is 0 Å². The molecule has 3 heteroatoms. The monoisotopic (exact) mass is 271 g/mol.